The van der Waals surface area contributed by atoms with Crippen LogP contribution in [0.4, 0.5) is 5.82 Å². The zero-order chi connectivity index (χ0) is 13.3. The Morgan fingerprint density at radius 3 is 2.61 bits per heavy atom. The number of hydrogen-bond donors (Lipinski definition) is 0. The summed E-state index contributed by atoms with van der Waals surface area (Å²) in [6, 6.07) is 5.16. The third kappa shape index (κ3) is 2.58. The Hall–Kier alpha value is -1.30. The van der Waals surface area contributed by atoms with E-state index in [-0.39, 0.29) is 17.4 Å². The van der Waals surface area contributed by atoms with Gasteiger partial charge in [0.05, 0.1) is 27.9 Å². The molecule has 2 rings (SSSR count). The molecule has 0 aliphatic heterocycles. The fourth-order valence-corrected chi connectivity index (χ4v) is 2.04. The maximum atomic E-state index is 10.6. The van der Waals surface area contributed by atoms with E-state index in [9.17, 15) is 10.1 Å². The standard InChI is InChI=1S/C10H6Cl3N3O2/c11-7-3-1-2-6(9(7)13)4-15-5-8(12)10(14-15)16(17)18/h1-3,5H,4H2. The molecule has 0 aliphatic rings. The summed E-state index contributed by atoms with van der Waals surface area (Å²) < 4.78 is 1.35. The molecule has 0 amide bonds. The van der Waals surface area contributed by atoms with Crippen LogP contribution < -0.4 is 0 Å². The van der Waals surface area contributed by atoms with Crippen molar-refractivity contribution in [1.29, 1.82) is 0 Å². The van der Waals surface area contributed by atoms with E-state index in [2.05, 4.69) is 5.10 Å². The second-order valence-electron chi connectivity index (χ2n) is 3.47. The Kier molecular flexibility index (Phi) is 3.75. The van der Waals surface area contributed by atoms with E-state index in [1.165, 1.54) is 10.9 Å². The average molecular weight is 307 g/mol. The van der Waals surface area contributed by atoms with Gasteiger partial charge in [-0.05, 0) is 16.6 Å². The van der Waals surface area contributed by atoms with Crippen LogP contribution in [-0.4, -0.2) is 14.7 Å². The van der Waals surface area contributed by atoms with Crippen molar-refractivity contribution in [3.05, 3.63) is 55.1 Å². The highest BCUT2D eigenvalue weighted by Crippen LogP contribution is 2.27. The number of hydrogen-bond acceptors (Lipinski definition) is 3. The lowest BCUT2D eigenvalue weighted by Gasteiger charge is -2.03. The van der Waals surface area contributed by atoms with Gasteiger partial charge in [-0.2, -0.15) is 4.68 Å². The van der Waals surface area contributed by atoms with Crippen LogP contribution >= 0.6 is 34.8 Å². The highest BCUT2D eigenvalue weighted by Gasteiger charge is 2.19. The Bertz CT molecular complexity index is 612. The van der Waals surface area contributed by atoms with Crippen LogP contribution in [0.5, 0.6) is 0 Å². The molecule has 0 bridgehead atoms. The maximum Gasteiger partial charge on any atom is 0.408 e. The minimum Gasteiger partial charge on any atom is -0.358 e. The molecule has 0 fully saturated rings. The Morgan fingerprint density at radius 2 is 2.00 bits per heavy atom. The summed E-state index contributed by atoms with van der Waals surface area (Å²) >= 11 is 17.6. The second kappa shape index (κ2) is 5.14. The molecular weight excluding hydrogens is 300 g/mol. The van der Waals surface area contributed by atoms with E-state index < -0.39 is 4.92 Å². The average Bonchev–Trinajstić information content (AvgIpc) is 2.66. The highest BCUT2D eigenvalue weighted by molar-refractivity contribution is 6.42. The van der Waals surface area contributed by atoms with E-state index in [0.717, 1.165) is 0 Å². The molecule has 94 valence electrons. The van der Waals surface area contributed by atoms with Crippen molar-refractivity contribution in [3.8, 4) is 0 Å². The fraction of sp³-hybridized carbons (Fsp3) is 0.100. The number of halogens is 3. The quantitative estimate of drug-likeness (QED) is 0.640. The first kappa shape index (κ1) is 13.1. The van der Waals surface area contributed by atoms with Crippen LogP contribution in [0.25, 0.3) is 0 Å². The van der Waals surface area contributed by atoms with E-state index in [1.54, 1.807) is 18.2 Å². The van der Waals surface area contributed by atoms with Crippen LogP contribution in [0, 0.1) is 10.1 Å². The van der Waals surface area contributed by atoms with Gasteiger partial charge in [-0.15, -0.1) is 0 Å². The smallest absolute Gasteiger partial charge is 0.358 e. The van der Waals surface area contributed by atoms with Gasteiger partial charge in [0.2, 0.25) is 0 Å². The maximum absolute atomic E-state index is 10.6. The van der Waals surface area contributed by atoms with E-state index >= 15 is 0 Å². The monoisotopic (exact) mass is 305 g/mol. The molecule has 0 saturated heterocycles. The third-order valence-corrected chi connectivity index (χ3v) is 3.36. The molecular formula is C10H6Cl3N3O2. The molecule has 0 aliphatic carbocycles. The van der Waals surface area contributed by atoms with Crippen LogP contribution in [0.3, 0.4) is 0 Å². The summed E-state index contributed by atoms with van der Waals surface area (Å²) in [5.74, 6) is -0.380. The summed E-state index contributed by atoms with van der Waals surface area (Å²) in [5, 5.41) is 15.2. The molecule has 1 aromatic carbocycles. The van der Waals surface area contributed by atoms with Gasteiger partial charge in [0.15, 0.2) is 5.02 Å². The van der Waals surface area contributed by atoms with Gasteiger partial charge in [0, 0.05) is 0 Å². The molecule has 5 nitrogen and oxygen atoms in total. The van der Waals surface area contributed by atoms with Crippen molar-refractivity contribution in [2.24, 2.45) is 0 Å². The first-order valence-corrected chi connectivity index (χ1v) is 5.92. The molecule has 0 N–H and O–H groups in total. The number of nitrogens with zero attached hydrogens (tertiary/aromatic N) is 3. The molecule has 0 radical (unpaired) electrons. The van der Waals surface area contributed by atoms with Crippen LogP contribution in [0.1, 0.15) is 5.56 Å². The van der Waals surface area contributed by atoms with Crippen molar-refractivity contribution in [1.82, 2.24) is 9.78 Å². The van der Waals surface area contributed by atoms with Crippen molar-refractivity contribution in [2.75, 3.05) is 0 Å². The van der Waals surface area contributed by atoms with E-state index in [1.807, 2.05) is 0 Å². The van der Waals surface area contributed by atoms with Gasteiger partial charge >= 0.3 is 5.82 Å². The van der Waals surface area contributed by atoms with Gasteiger partial charge < -0.3 is 10.1 Å². The zero-order valence-corrected chi connectivity index (χ0v) is 11.1. The van der Waals surface area contributed by atoms with Crippen LogP contribution in [0.2, 0.25) is 15.1 Å². The Morgan fingerprint density at radius 1 is 1.28 bits per heavy atom. The van der Waals surface area contributed by atoms with Crippen molar-refractivity contribution < 1.29 is 4.92 Å². The minimum atomic E-state index is -0.640. The van der Waals surface area contributed by atoms with Gasteiger partial charge in [-0.3, -0.25) is 0 Å². The lowest BCUT2D eigenvalue weighted by Crippen LogP contribution is -2.02. The molecule has 2 aromatic rings. The lowest BCUT2D eigenvalue weighted by atomic mass is 10.2. The second-order valence-corrected chi connectivity index (χ2v) is 4.66. The summed E-state index contributed by atoms with van der Waals surface area (Å²) in [5.41, 5.74) is 0.707. The van der Waals surface area contributed by atoms with E-state index in [0.29, 0.717) is 15.6 Å². The van der Waals surface area contributed by atoms with Gasteiger partial charge in [-0.1, -0.05) is 46.9 Å². The summed E-state index contributed by atoms with van der Waals surface area (Å²) in [7, 11) is 0. The number of aromatic nitrogens is 2. The highest BCUT2D eigenvalue weighted by atomic mass is 35.5. The minimum absolute atomic E-state index is 0.0156. The summed E-state index contributed by atoms with van der Waals surface area (Å²) in [6.07, 6.45) is 1.37. The predicted octanol–water partition coefficient (Wildman–Crippen LogP) is 3.80. The lowest BCUT2D eigenvalue weighted by molar-refractivity contribution is -0.389. The topological polar surface area (TPSA) is 61.0 Å². The molecule has 1 heterocycles. The van der Waals surface area contributed by atoms with E-state index in [4.69, 9.17) is 34.8 Å². The molecule has 1 aromatic heterocycles. The first-order chi connectivity index (χ1) is 8.49. The van der Waals surface area contributed by atoms with Crippen molar-refractivity contribution in [2.45, 2.75) is 6.54 Å². The molecule has 0 atom stereocenters. The normalized spacial score (nSPS) is 10.6. The third-order valence-electron chi connectivity index (χ3n) is 2.24. The predicted molar refractivity (Wildman–Crippen MR) is 69.5 cm³/mol. The molecule has 0 saturated carbocycles. The van der Waals surface area contributed by atoms with Gasteiger partial charge in [0.25, 0.3) is 0 Å². The fourth-order valence-electron chi connectivity index (χ4n) is 1.44. The summed E-state index contributed by atoms with van der Waals surface area (Å²) in [6.45, 7) is 0.257. The Labute approximate surface area is 117 Å². The number of rotatable bonds is 3. The number of nitro groups is 1. The largest absolute Gasteiger partial charge is 0.408 e. The molecule has 0 spiro atoms. The number of benzene rings is 1. The van der Waals surface area contributed by atoms with Gasteiger partial charge in [0.1, 0.15) is 0 Å². The molecule has 8 heteroatoms. The first-order valence-electron chi connectivity index (χ1n) is 4.79. The van der Waals surface area contributed by atoms with Crippen LogP contribution in [-0.2, 0) is 6.54 Å². The van der Waals surface area contributed by atoms with Crippen molar-refractivity contribution in [3.63, 3.8) is 0 Å². The molecule has 0 unspecified atom stereocenters. The summed E-state index contributed by atoms with van der Waals surface area (Å²) in [4.78, 5) is 9.97. The zero-order valence-electron chi connectivity index (χ0n) is 8.81. The molecule has 18 heavy (non-hydrogen) atoms. The Balaban J connectivity index is 2.32. The van der Waals surface area contributed by atoms with Crippen LogP contribution in [0.15, 0.2) is 24.4 Å². The van der Waals surface area contributed by atoms with Crippen molar-refractivity contribution >= 4 is 40.6 Å². The SMILES string of the molecule is O=[N+]([O-])c1nn(Cc2cccc(Cl)c2Cl)cc1Cl. The van der Waals surface area contributed by atoms with Gasteiger partial charge in [-0.25, -0.2) is 0 Å².